The largest absolute Gasteiger partial charge is 0.497 e. The quantitative estimate of drug-likeness (QED) is 0.483. The predicted octanol–water partition coefficient (Wildman–Crippen LogP) is 0.554. The topological polar surface area (TPSA) is 77.4 Å². The van der Waals surface area contributed by atoms with E-state index in [1.54, 1.807) is 7.11 Å². The number of hydrogen-bond donors (Lipinski definition) is 2. The van der Waals surface area contributed by atoms with Gasteiger partial charge in [0.1, 0.15) is 24.8 Å². The summed E-state index contributed by atoms with van der Waals surface area (Å²) in [6.07, 6.45) is -1.99. The van der Waals surface area contributed by atoms with Crippen LogP contribution in [0.15, 0.2) is 24.3 Å². The van der Waals surface area contributed by atoms with Crippen LogP contribution in [0, 0.1) is 0 Å². The normalized spacial score (nSPS) is 14.0. The van der Waals surface area contributed by atoms with E-state index in [9.17, 15) is 10.2 Å². The standard InChI is InChI=1S/C14H22O6/c1-17-10-20-9-14(16)13(15)8-19-7-11-3-5-12(18-2)6-4-11/h3-6,13-16H,7-10H2,1-2H3/t13-,14+/m1/s1. The molecule has 0 aliphatic rings. The summed E-state index contributed by atoms with van der Waals surface area (Å²) in [5.74, 6) is 0.777. The van der Waals surface area contributed by atoms with Crippen molar-refractivity contribution in [2.75, 3.05) is 34.2 Å². The van der Waals surface area contributed by atoms with Crippen LogP contribution in [0.1, 0.15) is 5.56 Å². The second-order valence-corrected chi connectivity index (χ2v) is 4.28. The van der Waals surface area contributed by atoms with E-state index in [4.69, 9.17) is 14.2 Å². The summed E-state index contributed by atoms with van der Waals surface area (Å²) in [7, 11) is 3.09. The van der Waals surface area contributed by atoms with E-state index < -0.39 is 12.2 Å². The van der Waals surface area contributed by atoms with Crippen LogP contribution in [-0.4, -0.2) is 56.6 Å². The third-order valence-electron chi connectivity index (χ3n) is 2.65. The molecule has 0 radical (unpaired) electrons. The zero-order valence-electron chi connectivity index (χ0n) is 11.8. The van der Waals surface area contributed by atoms with E-state index in [0.717, 1.165) is 11.3 Å². The molecule has 0 saturated heterocycles. The van der Waals surface area contributed by atoms with Crippen LogP contribution in [0.4, 0.5) is 0 Å². The van der Waals surface area contributed by atoms with Crippen molar-refractivity contribution in [1.82, 2.24) is 0 Å². The van der Waals surface area contributed by atoms with Crippen LogP contribution >= 0.6 is 0 Å². The first kappa shape index (κ1) is 16.9. The minimum absolute atomic E-state index is 0.000895. The fourth-order valence-electron chi connectivity index (χ4n) is 1.49. The Balaban J connectivity index is 2.21. The lowest BCUT2D eigenvalue weighted by molar-refractivity contribution is -0.105. The molecule has 0 fully saturated rings. The number of benzene rings is 1. The average Bonchev–Trinajstić information content (AvgIpc) is 2.48. The van der Waals surface area contributed by atoms with Crippen molar-refractivity contribution in [2.24, 2.45) is 0 Å². The zero-order valence-corrected chi connectivity index (χ0v) is 11.8. The average molecular weight is 286 g/mol. The van der Waals surface area contributed by atoms with Crippen LogP contribution in [-0.2, 0) is 20.8 Å². The van der Waals surface area contributed by atoms with Crippen molar-refractivity contribution in [3.8, 4) is 5.75 Å². The van der Waals surface area contributed by atoms with E-state index in [2.05, 4.69) is 4.74 Å². The first-order valence-corrected chi connectivity index (χ1v) is 6.31. The Kier molecular flexibility index (Phi) is 8.17. The molecule has 114 valence electrons. The maximum Gasteiger partial charge on any atom is 0.146 e. The smallest absolute Gasteiger partial charge is 0.146 e. The van der Waals surface area contributed by atoms with Crippen LogP contribution in [0.5, 0.6) is 5.75 Å². The van der Waals surface area contributed by atoms with E-state index >= 15 is 0 Å². The highest BCUT2D eigenvalue weighted by molar-refractivity contribution is 5.26. The molecule has 6 nitrogen and oxygen atoms in total. The molecule has 20 heavy (non-hydrogen) atoms. The van der Waals surface area contributed by atoms with Gasteiger partial charge in [0.05, 0.1) is 26.9 Å². The van der Waals surface area contributed by atoms with Gasteiger partial charge in [-0.3, -0.25) is 0 Å². The molecule has 0 spiro atoms. The Hall–Kier alpha value is -1.18. The first-order chi connectivity index (χ1) is 9.67. The highest BCUT2D eigenvalue weighted by Crippen LogP contribution is 2.12. The molecule has 1 aromatic carbocycles. The summed E-state index contributed by atoms with van der Waals surface area (Å²) >= 11 is 0. The molecule has 0 saturated carbocycles. The van der Waals surface area contributed by atoms with Crippen molar-refractivity contribution in [1.29, 1.82) is 0 Å². The minimum atomic E-state index is -0.999. The lowest BCUT2D eigenvalue weighted by Crippen LogP contribution is -2.34. The molecule has 1 rings (SSSR count). The molecule has 2 atom stereocenters. The summed E-state index contributed by atoms with van der Waals surface area (Å²) in [5, 5.41) is 19.2. The molecule has 0 unspecified atom stereocenters. The third-order valence-corrected chi connectivity index (χ3v) is 2.65. The van der Waals surface area contributed by atoms with E-state index in [1.807, 2.05) is 24.3 Å². The SMILES string of the molecule is COCOC[C@H](O)[C@H](O)COCc1ccc(OC)cc1. The molecule has 2 N–H and O–H groups in total. The summed E-state index contributed by atoms with van der Waals surface area (Å²) in [5.41, 5.74) is 0.961. The number of hydrogen-bond acceptors (Lipinski definition) is 6. The molecule has 6 heteroatoms. The second kappa shape index (κ2) is 9.68. The molecule has 0 aliphatic carbocycles. The Morgan fingerprint density at radius 1 is 0.950 bits per heavy atom. The van der Waals surface area contributed by atoms with Crippen LogP contribution < -0.4 is 4.74 Å². The number of aliphatic hydroxyl groups is 2. The van der Waals surface area contributed by atoms with Gasteiger partial charge in [0.2, 0.25) is 0 Å². The molecule has 1 aromatic rings. The van der Waals surface area contributed by atoms with Gasteiger partial charge < -0.3 is 29.2 Å². The van der Waals surface area contributed by atoms with Crippen LogP contribution in [0.25, 0.3) is 0 Å². The van der Waals surface area contributed by atoms with Crippen LogP contribution in [0.2, 0.25) is 0 Å². The summed E-state index contributed by atoms with van der Waals surface area (Å²) in [6, 6.07) is 7.43. The molecule has 0 aliphatic heterocycles. The highest BCUT2D eigenvalue weighted by Gasteiger charge is 2.16. The molecule has 0 aromatic heterocycles. The fraction of sp³-hybridized carbons (Fsp3) is 0.571. The summed E-state index contributed by atoms with van der Waals surface area (Å²) in [6.45, 7) is 0.466. The van der Waals surface area contributed by atoms with Gasteiger partial charge in [-0.2, -0.15) is 0 Å². The van der Waals surface area contributed by atoms with Gasteiger partial charge in [-0.25, -0.2) is 0 Å². The lowest BCUT2D eigenvalue weighted by atomic mass is 10.2. The summed E-state index contributed by atoms with van der Waals surface area (Å²) < 4.78 is 20.0. The maximum atomic E-state index is 9.66. The molecule has 0 heterocycles. The molecule has 0 bridgehead atoms. The molecular weight excluding hydrogens is 264 g/mol. The maximum absolute atomic E-state index is 9.66. The second-order valence-electron chi connectivity index (χ2n) is 4.28. The van der Waals surface area contributed by atoms with Crippen molar-refractivity contribution < 1.29 is 29.2 Å². The third kappa shape index (κ3) is 6.31. The number of rotatable bonds is 10. The molecule has 0 amide bonds. The Labute approximate surface area is 118 Å². The zero-order chi connectivity index (χ0) is 14.8. The summed E-state index contributed by atoms with van der Waals surface area (Å²) in [4.78, 5) is 0. The van der Waals surface area contributed by atoms with Gasteiger partial charge in [-0.1, -0.05) is 12.1 Å². The van der Waals surface area contributed by atoms with Crippen LogP contribution in [0.3, 0.4) is 0 Å². The van der Waals surface area contributed by atoms with Crippen molar-refractivity contribution >= 4 is 0 Å². The Morgan fingerprint density at radius 2 is 1.55 bits per heavy atom. The van der Waals surface area contributed by atoms with Gasteiger partial charge in [0.15, 0.2) is 0 Å². The van der Waals surface area contributed by atoms with E-state index in [0.29, 0.717) is 6.61 Å². The monoisotopic (exact) mass is 286 g/mol. The number of methoxy groups -OCH3 is 2. The minimum Gasteiger partial charge on any atom is -0.497 e. The van der Waals surface area contributed by atoms with Gasteiger partial charge >= 0.3 is 0 Å². The van der Waals surface area contributed by atoms with Gasteiger partial charge in [-0.15, -0.1) is 0 Å². The number of ether oxygens (including phenoxy) is 4. The highest BCUT2D eigenvalue weighted by atomic mass is 16.7. The van der Waals surface area contributed by atoms with Crippen molar-refractivity contribution in [3.63, 3.8) is 0 Å². The van der Waals surface area contributed by atoms with Gasteiger partial charge in [-0.05, 0) is 17.7 Å². The fourth-order valence-corrected chi connectivity index (χ4v) is 1.49. The first-order valence-electron chi connectivity index (χ1n) is 6.31. The van der Waals surface area contributed by atoms with Gasteiger partial charge in [0, 0.05) is 7.11 Å². The lowest BCUT2D eigenvalue weighted by Gasteiger charge is -2.17. The van der Waals surface area contributed by atoms with Gasteiger partial charge in [0.25, 0.3) is 0 Å². The van der Waals surface area contributed by atoms with E-state index in [-0.39, 0.29) is 20.0 Å². The van der Waals surface area contributed by atoms with E-state index in [1.165, 1.54) is 7.11 Å². The number of aliphatic hydroxyl groups excluding tert-OH is 2. The molecular formula is C14H22O6. The predicted molar refractivity (Wildman–Crippen MR) is 72.5 cm³/mol. The Bertz CT molecular complexity index is 353. The van der Waals surface area contributed by atoms with Crippen molar-refractivity contribution in [3.05, 3.63) is 29.8 Å². The van der Waals surface area contributed by atoms with Crippen molar-refractivity contribution in [2.45, 2.75) is 18.8 Å². The Morgan fingerprint density at radius 3 is 2.10 bits per heavy atom.